The molecule has 0 aliphatic heterocycles. The van der Waals surface area contributed by atoms with Crippen LogP contribution in [0.2, 0.25) is 0 Å². The highest BCUT2D eigenvalue weighted by Gasteiger charge is 2.42. The number of amides is 1. The molecule has 0 saturated heterocycles. The average Bonchev–Trinajstić information content (AvgIpc) is 2.90. The van der Waals surface area contributed by atoms with Gasteiger partial charge in [-0.1, -0.05) is 99.7 Å². The number of aliphatic hydroxyl groups excluding tert-OH is 2. The third-order valence-electron chi connectivity index (χ3n) is 6.60. The second kappa shape index (κ2) is 17.5. The van der Waals surface area contributed by atoms with Gasteiger partial charge < -0.3 is 30.1 Å². The maximum atomic E-state index is 12.8. The van der Waals surface area contributed by atoms with Gasteiger partial charge in [0.05, 0.1) is 12.6 Å². The molecule has 5 N–H and O–H groups in total. The first-order valence-corrected chi connectivity index (χ1v) is 15.3. The summed E-state index contributed by atoms with van der Waals surface area (Å²) >= 11 is 0. The van der Waals surface area contributed by atoms with Crippen LogP contribution in [0.3, 0.4) is 0 Å². The fourth-order valence-electron chi connectivity index (χ4n) is 4.38. The number of aliphatic hydroxyl groups is 2. The van der Waals surface area contributed by atoms with E-state index in [-0.39, 0.29) is 18.9 Å². The van der Waals surface area contributed by atoms with Crippen molar-refractivity contribution in [2.75, 3.05) is 0 Å². The maximum Gasteiger partial charge on any atom is 0.356 e. The van der Waals surface area contributed by atoms with Gasteiger partial charge in [-0.05, 0) is 36.8 Å². The lowest BCUT2D eigenvalue weighted by molar-refractivity contribution is -0.127. The standard InChI is InChI=1S/C29H44NO7P/c1-2-3-4-13-20-25(30-26(31)21-14-7-10-17-23-15-8-5-9-16-23)27(32)28(29(33)38(34,35)36)37-22-24-18-11-6-12-19-24/h5-6,8-9,11-12,15-16,18-19,25,27-29,32-33H,2-4,7,10,13-14,17,20-22H2,1H3,(H,30,31)(H2,34,35,36). The first kappa shape index (κ1) is 32.2. The van der Waals surface area contributed by atoms with Crippen LogP contribution >= 0.6 is 7.60 Å². The maximum absolute atomic E-state index is 12.8. The Morgan fingerprint density at radius 2 is 1.47 bits per heavy atom. The van der Waals surface area contributed by atoms with Gasteiger partial charge in [-0.3, -0.25) is 9.36 Å². The zero-order valence-corrected chi connectivity index (χ0v) is 23.2. The number of ether oxygens (including phenoxy) is 1. The van der Waals surface area contributed by atoms with Gasteiger partial charge in [0, 0.05) is 6.42 Å². The third-order valence-corrected chi connectivity index (χ3v) is 7.58. The van der Waals surface area contributed by atoms with E-state index in [2.05, 4.69) is 24.4 Å². The van der Waals surface area contributed by atoms with Gasteiger partial charge in [-0.25, -0.2) is 0 Å². The first-order chi connectivity index (χ1) is 18.2. The topological polar surface area (TPSA) is 136 Å². The molecule has 0 fully saturated rings. The highest BCUT2D eigenvalue weighted by molar-refractivity contribution is 7.52. The molecule has 4 unspecified atom stereocenters. The van der Waals surface area contributed by atoms with E-state index >= 15 is 0 Å². The molecule has 0 heterocycles. The van der Waals surface area contributed by atoms with E-state index in [0.29, 0.717) is 19.3 Å². The van der Waals surface area contributed by atoms with Crippen molar-refractivity contribution in [1.29, 1.82) is 0 Å². The van der Waals surface area contributed by atoms with Crippen molar-refractivity contribution in [2.24, 2.45) is 0 Å². The highest BCUT2D eigenvalue weighted by Crippen LogP contribution is 2.43. The number of unbranched alkanes of at least 4 members (excludes halogenated alkanes) is 5. The quantitative estimate of drug-likeness (QED) is 0.127. The van der Waals surface area contributed by atoms with Crippen LogP contribution in [0, 0.1) is 0 Å². The molecule has 212 valence electrons. The molecular weight excluding hydrogens is 505 g/mol. The summed E-state index contributed by atoms with van der Waals surface area (Å²) in [6, 6.07) is 18.3. The number of aryl methyl sites for hydroxylation is 1. The summed E-state index contributed by atoms with van der Waals surface area (Å²) in [7, 11) is -4.99. The average molecular weight is 550 g/mol. The minimum Gasteiger partial charge on any atom is -0.388 e. The minimum absolute atomic E-state index is 0.0580. The van der Waals surface area contributed by atoms with Crippen LogP contribution in [0.1, 0.15) is 75.8 Å². The van der Waals surface area contributed by atoms with Gasteiger partial charge in [-0.15, -0.1) is 0 Å². The van der Waals surface area contributed by atoms with Crippen LogP contribution in [-0.4, -0.2) is 50.0 Å². The van der Waals surface area contributed by atoms with Gasteiger partial charge in [0.25, 0.3) is 0 Å². The molecule has 0 spiro atoms. The number of hydrogen-bond donors (Lipinski definition) is 5. The van der Waals surface area contributed by atoms with Crippen LogP contribution in [0.15, 0.2) is 60.7 Å². The Morgan fingerprint density at radius 3 is 2.08 bits per heavy atom. The van der Waals surface area contributed by atoms with E-state index in [1.165, 1.54) is 5.56 Å². The van der Waals surface area contributed by atoms with E-state index < -0.39 is 31.7 Å². The predicted octanol–water partition coefficient (Wildman–Crippen LogP) is 4.69. The molecule has 0 aromatic heterocycles. The molecule has 4 atom stereocenters. The molecule has 0 bridgehead atoms. The fourth-order valence-corrected chi connectivity index (χ4v) is 5.03. The lowest BCUT2D eigenvalue weighted by Crippen LogP contribution is -2.52. The summed E-state index contributed by atoms with van der Waals surface area (Å²) in [6.07, 6.45) is 4.69. The Morgan fingerprint density at radius 1 is 0.868 bits per heavy atom. The van der Waals surface area contributed by atoms with Crippen molar-refractivity contribution in [3.63, 3.8) is 0 Å². The SMILES string of the molecule is CCCCCCC(NC(=O)CCCCCc1ccccc1)C(O)C(OCc1ccccc1)C(O)P(=O)(O)O. The van der Waals surface area contributed by atoms with Gasteiger partial charge in [0.15, 0.2) is 5.85 Å². The summed E-state index contributed by atoms with van der Waals surface area (Å²) in [5.41, 5.74) is 1.99. The smallest absolute Gasteiger partial charge is 0.356 e. The third kappa shape index (κ3) is 12.2. The number of rotatable bonds is 19. The van der Waals surface area contributed by atoms with E-state index in [1.54, 1.807) is 24.3 Å². The normalized spacial score (nSPS) is 15.0. The summed E-state index contributed by atoms with van der Waals surface area (Å²) in [4.78, 5) is 32.1. The largest absolute Gasteiger partial charge is 0.388 e. The van der Waals surface area contributed by atoms with Crippen LogP contribution < -0.4 is 5.32 Å². The van der Waals surface area contributed by atoms with Crippen molar-refractivity contribution in [2.45, 2.75) is 102 Å². The van der Waals surface area contributed by atoms with E-state index in [4.69, 9.17) is 4.74 Å². The molecule has 2 rings (SSSR count). The van der Waals surface area contributed by atoms with Gasteiger partial charge in [0.1, 0.15) is 12.2 Å². The van der Waals surface area contributed by atoms with Crippen LogP contribution in [-0.2, 0) is 27.1 Å². The molecule has 0 aliphatic carbocycles. The van der Waals surface area contributed by atoms with E-state index in [9.17, 15) is 29.4 Å². The summed E-state index contributed by atoms with van der Waals surface area (Å²) in [6.45, 7) is 2.02. The summed E-state index contributed by atoms with van der Waals surface area (Å²) in [5.74, 6) is -2.47. The summed E-state index contributed by atoms with van der Waals surface area (Å²) < 4.78 is 17.6. The Kier molecular flexibility index (Phi) is 14.8. The molecule has 38 heavy (non-hydrogen) atoms. The number of hydrogen-bond acceptors (Lipinski definition) is 5. The predicted molar refractivity (Wildman–Crippen MR) is 148 cm³/mol. The highest BCUT2D eigenvalue weighted by atomic mass is 31.2. The molecule has 0 radical (unpaired) electrons. The lowest BCUT2D eigenvalue weighted by Gasteiger charge is -2.33. The van der Waals surface area contributed by atoms with Gasteiger partial charge >= 0.3 is 7.60 Å². The van der Waals surface area contributed by atoms with Crippen molar-refractivity contribution in [1.82, 2.24) is 5.32 Å². The van der Waals surface area contributed by atoms with Crippen molar-refractivity contribution < 1.29 is 34.1 Å². The number of benzene rings is 2. The van der Waals surface area contributed by atoms with Gasteiger partial charge in [-0.2, -0.15) is 0 Å². The summed E-state index contributed by atoms with van der Waals surface area (Å²) in [5, 5.41) is 24.5. The van der Waals surface area contributed by atoms with Crippen molar-refractivity contribution in [3.8, 4) is 0 Å². The molecular formula is C29H44NO7P. The number of carbonyl (C=O) groups excluding carboxylic acids is 1. The molecule has 0 saturated carbocycles. The Labute approximate surface area is 226 Å². The molecule has 1 amide bonds. The molecule has 0 aliphatic rings. The molecule has 2 aromatic carbocycles. The van der Waals surface area contributed by atoms with Crippen molar-refractivity contribution >= 4 is 13.5 Å². The molecule has 9 heteroatoms. The van der Waals surface area contributed by atoms with Crippen molar-refractivity contribution in [3.05, 3.63) is 71.8 Å². The van der Waals surface area contributed by atoms with Crippen LogP contribution in [0.25, 0.3) is 0 Å². The molecule has 8 nitrogen and oxygen atoms in total. The fraction of sp³-hybridized carbons (Fsp3) is 0.552. The second-order valence-corrected chi connectivity index (χ2v) is 11.5. The molecule has 2 aromatic rings. The zero-order chi connectivity index (χ0) is 27.8. The van der Waals surface area contributed by atoms with Crippen LogP contribution in [0.4, 0.5) is 0 Å². The second-order valence-electron chi connectivity index (χ2n) is 9.82. The number of carbonyl (C=O) groups is 1. The van der Waals surface area contributed by atoms with E-state index in [0.717, 1.165) is 44.1 Å². The van der Waals surface area contributed by atoms with E-state index in [1.807, 2.05) is 24.3 Å². The minimum atomic E-state index is -4.99. The Hall–Kier alpha value is -2.06. The van der Waals surface area contributed by atoms with Gasteiger partial charge in [0.2, 0.25) is 5.91 Å². The Bertz CT molecular complexity index is 954. The van der Waals surface area contributed by atoms with Crippen LogP contribution in [0.5, 0.6) is 0 Å². The monoisotopic (exact) mass is 549 g/mol. The first-order valence-electron chi connectivity index (χ1n) is 13.6. The number of nitrogens with one attached hydrogen (secondary N) is 1. The zero-order valence-electron chi connectivity index (χ0n) is 22.3. The lowest BCUT2D eigenvalue weighted by atomic mass is 9.98. The Balaban J connectivity index is 2.00.